The van der Waals surface area contributed by atoms with Gasteiger partial charge in [-0.05, 0) is 25.5 Å². The van der Waals surface area contributed by atoms with Gasteiger partial charge in [0.2, 0.25) is 0 Å². The number of aryl methyl sites for hydroxylation is 2. The summed E-state index contributed by atoms with van der Waals surface area (Å²) in [6, 6.07) is 8.32. The van der Waals surface area contributed by atoms with Gasteiger partial charge in [-0.15, -0.1) is 0 Å². The van der Waals surface area contributed by atoms with E-state index in [9.17, 15) is 4.79 Å². The molecule has 2 heterocycles. The Morgan fingerprint density at radius 3 is 2.50 bits per heavy atom. The summed E-state index contributed by atoms with van der Waals surface area (Å²) in [5, 5.41) is 0. The summed E-state index contributed by atoms with van der Waals surface area (Å²) in [7, 11) is 1.72. The zero-order valence-corrected chi connectivity index (χ0v) is 11.8. The van der Waals surface area contributed by atoms with Crippen molar-refractivity contribution in [2.45, 2.75) is 13.8 Å². The van der Waals surface area contributed by atoms with Gasteiger partial charge in [-0.2, -0.15) is 0 Å². The molecule has 0 radical (unpaired) electrons. The average Bonchev–Trinajstić information content (AvgIpc) is 2.41. The van der Waals surface area contributed by atoms with E-state index in [0.717, 1.165) is 11.1 Å². The van der Waals surface area contributed by atoms with Crippen LogP contribution >= 0.6 is 0 Å². The molecule has 1 aromatic carbocycles. The molecule has 1 aliphatic heterocycles. The average molecular weight is 268 g/mol. The third kappa shape index (κ3) is 2.13. The van der Waals surface area contributed by atoms with E-state index < -0.39 is 0 Å². The van der Waals surface area contributed by atoms with E-state index in [2.05, 4.69) is 37.0 Å². The number of anilines is 1. The van der Waals surface area contributed by atoms with Gasteiger partial charge in [0.15, 0.2) is 18.2 Å². The fourth-order valence-corrected chi connectivity index (χ4v) is 2.45. The predicted octanol–water partition coefficient (Wildman–Crippen LogP) is 2.72. The fraction of sp³-hybridized carbons (Fsp3) is 0.250. The Balaban J connectivity index is 2.07. The van der Waals surface area contributed by atoms with Crippen LogP contribution < -0.4 is 9.64 Å². The van der Waals surface area contributed by atoms with Crippen LogP contribution in [-0.4, -0.2) is 24.5 Å². The quantitative estimate of drug-likeness (QED) is 0.798. The Labute approximate surface area is 118 Å². The number of amides is 1. The van der Waals surface area contributed by atoms with E-state index in [1.807, 2.05) is 6.07 Å². The topological polar surface area (TPSA) is 42.4 Å². The normalized spacial score (nSPS) is 13.9. The van der Waals surface area contributed by atoms with Crippen molar-refractivity contribution >= 4 is 11.7 Å². The predicted molar refractivity (Wildman–Crippen MR) is 78.1 cm³/mol. The number of nitrogens with zero attached hydrogens (tertiary/aromatic N) is 2. The highest BCUT2D eigenvalue weighted by Gasteiger charge is 2.23. The second-order valence-corrected chi connectivity index (χ2v) is 5.16. The molecule has 1 aromatic heterocycles. The molecule has 0 spiro atoms. The van der Waals surface area contributed by atoms with Gasteiger partial charge < -0.3 is 4.74 Å². The van der Waals surface area contributed by atoms with Crippen molar-refractivity contribution in [2.24, 2.45) is 0 Å². The Hall–Kier alpha value is -2.36. The summed E-state index contributed by atoms with van der Waals surface area (Å²) < 4.78 is 5.48. The molecule has 0 unspecified atom stereocenters. The molecule has 4 nitrogen and oxygen atoms in total. The maximum Gasteiger partial charge on any atom is 0.265 e. The number of carbonyl (C=O) groups is 1. The molecule has 102 valence electrons. The van der Waals surface area contributed by atoms with Crippen LogP contribution in [0.3, 0.4) is 0 Å². The Morgan fingerprint density at radius 1 is 1.10 bits per heavy atom. The first-order valence-corrected chi connectivity index (χ1v) is 6.52. The maximum atomic E-state index is 11.6. The van der Waals surface area contributed by atoms with Gasteiger partial charge >= 0.3 is 0 Å². The SMILES string of the molecule is Cc1cc(C)cc(-c2cnc3c(c2)OCC(=O)N3C)c1. The van der Waals surface area contributed by atoms with Crippen molar-refractivity contribution in [3.63, 3.8) is 0 Å². The molecule has 4 heteroatoms. The van der Waals surface area contributed by atoms with Crippen LogP contribution in [0.1, 0.15) is 11.1 Å². The zero-order valence-electron chi connectivity index (χ0n) is 11.8. The van der Waals surface area contributed by atoms with Crippen molar-refractivity contribution in [3.8, 4) is 16.9 Å². The van der Waals surface area contributed by atoms with Crippen molar-refractivity contribution in [3.05, 3.63) is 41.6 Å². The van der Waals surface area contributed by atoms with Gasteiger partial charge in [0.1, 0.15) is 0 Å². The lowest BCUT2D eigenvalue weighted by molar-refractivity contribution is -0.121. The number of carbonyl (C=O) groups excluding carboxylic acids is 1. The number of hydrogen-bond acceptors (Lipinski definition) is 3. The number of aromatic nitrogens is 1. The van der Waals surface area contributed by atoms with Gasteiger partial charge in [0, 0.05) is 18.8 Å². The first-order chi connectivity index (χ1) is 9.54. The summed E-state index contributed by atoms with van der Waals surface area (Å²) in [6.07, 6.45) is 1.78. The molecule has 2 aromatic rings. The molecule has 0 atom stereocenters. The summed E-state index contributed by atoms with van der Waals surface area (Å²) in [5.41, 5.74) is 4.54. The number of benzene rings is 1. The minimum absolute atomic E-state index is 0.0709. The van der Waals surface area contributed by atoms with Crippen molar-refractivity contribution < 1.29 is 9.53 Å². The molecule has 3 rings (SSSR count). The molecule has 20 heavy (non-hydrogen) atoms. The smallest absolute Gasteiger partial charge is 0.265 e. The van der Waals surface area contributed by atoms with Crippen LogP contribution in [0.4, 0.5) is 5.82 Å². The van der Waals surface area contributed by atoms with E-state index in [4.69, 9.17) is 4.74 Å². The summed E-state index contributed by atoms with van der Waals surface area (Å²) in [5.74, 6) is 1.15. The van der Waals surface area contributed by atoms with Gasteiger partial charge in [0.05, 0.1) is 0 Å². The third-order valence-electron chi connectivity index (χ3n) is 3.43. The standard InChI is InChI=1S/C16H16N2O2/c1-10-4-11(2)6-12(5-10)13-7-14-16(17-8-13)18(3)15(19)9-20-14/h4-8H,9H2,1-3H3. The van der Waals surface area contributed by atoms with Gasteiger partial charge in [-0.25, -0.2) is 4.98 Å². The van der Waals surface area contributed by atoms with E-state index >= 15 is 0 Å². The Kier molecular flexibility index (Phi) is 2.93. The second kappa shape index (κ2) is 4.63. The van der Waals surface area contributed by atoms with Gasteiger partial charge in [-0.3, -0.25) is 9.69 Å². The summed E-state index contributed by atoms with van der Waals surface area (Å²) >= 11 is 0. The molecule has 1 amide bonds. The van der Waals surface area contributed by atoms with Crippen LogP contribution in [0.15, 0.2) is 30.5 Å². The highest BCUT2D eigenvalue weighted by Crippen LogP contribution is 2.33. The number of ether oxygens (including phenoxy) is 1. The number of rotatable bonds is 1. The molecular weight excluding hydrogens is 252 g/mol. The maximum absolute atomic E-state index is 11.6. The molecule has 0 fully saturated rings. The zero-order chi connectivity index (χ0) is 14.3. The highest BCUT2D eigenvalue weighted by molar-refractivity contribution is 5.96. The first kappa shape index (κ1) is 12.7. The second-order valence-electron chi connectivity index (χ2n) is 5.16. The molecule has 1 aliphatic rings. The molecule has 0 bridgehead atoms. The van der Waals surface area contributed by atoms with Crippen LogP contribution in [-0.2, 0) is 4.79 Å². The first-order valence-electron chi connectivity index (χ1n) is 6.52. The largest absolute Gasteiger partial charge is 0.480 e. The van der Waals surface area contributed by atoms with E-state index in [0.29, 0.717) is 11.6 Å². The summed E-state index contributed by atoms with van der Waals surface area (Å²) in [4.78, 5) is 17.5. The van der Waals surface area contributed by atoms with Crippen molar-refractivity contribution in [1.82, 2.24) is 4.98 Å². The number of fused-ring (bicyclic) bond motifs is 1. The summed E-state index contributed by atoms with van der Waals surface area (Å²) in [6.45, 7) is 4.22. The number of hydrogen-bond donors (Lipinski definition) is 0. The fourth-order valence-electron chi connectivity index (χ4n) is 2.45. The lowest BCUT2D eigenvalue weighted by atomic mass is 10.0. The monoisotopic (exact) mass is 268 g/mol. The Morgan fingerprint density at radius 2 is 1.80 bits per heavy atom. The molecule has 0 saturated heterocycles. The van der Waals surface area contributed by atoms with Crippen LogP contribution in [0.25, 0.3) is 11.1 Å². The lowest BCUT2D eigenvalue weighted by Gasteiger charge is -2.25. The van der Waals surface area contributed by atoms with E-state index in [-0.39, 0.29) is 12.5 Å². The van der Waals surface area contributed by atoms with Crippen LogP contribution in [0.2, 0.25) is 0 Å². The van der Waals surface area contributed by atoms with E-state index in [1.165, 1.54) is 16.0 Å². The van der Waals surface area contributed by atoms with Crippen molar-refractivity contribution in [2.75, 3.05) is 18.6 Å². The van der Waals surface area contributed by atoms with Gasteiger partial charge in [0.25, 0.3) is 5.91 Å². The third-order valence-corrected chi connectivity index (χ3v) is 3.43. The Bertz CT molecular complexity index is 675. The minimum Gasteiger partial charge on any atom is -0.480 e. The number of likely N-dealkylation sites (N-methyl/N-ethyl adjacent to an activating group) is 1. The van der Waals surface area contributed by atoms with Gasteiger partial charge in [-0.1, -0.05) is 29.3 Å². The lowest BCUT2D eigenvalue weighted by Crippen LogP contribution is -2.36. The molecule has 0 aliphatic carbocycles. The highest BCUT2D eigenvalue weighted by atomic mass is 16.5. The molecular formula is C16H16N2O2. The minimum atomic E-state index is -0.0795. The number of pyridine rings is 1. The van der Waals surface area contributed by atoms with Crippen LogP contribution in [0, 0.1) is 13.8 Å². The molecule has 0 N–H and O–H groups in total. The van der Waals surface area contributed by atoms with Crippen LogP contribution in [0.5, 0.6) is 5.75 Å². The van der Waals surface area contributed by atoms with E-state index in [1.54, 1.807) is 13.2 Å². The molecule has 0 saturated carbocycles. The van der Waals surface area contributed by atoms with Crippen molar-refractivity contribution in [1.29, 1.82) is 0 Å².